The van der Waals surface area contributed by atoms with Crippen LogP contribution in [0.4, 0.5) is 0 Å². The van der Waals surface area contributed by atoms with E-state index in [0.717, 1.165) is 0 Å². The maximum absolute atomic E-state index is 13.0. The Hall–Kier alpha value is -4.21. The number of nitrogens with one attached hydrogen (secondary N) is 4. The molecule has 0 aliphatic rings. The third kappa shape index (κ3) is 11.4. The summed E-state index contributed by atoms with van der Waals surface area (Å²) in [6.45, 7) is 3.53. The Morgan fingerprint density at radius 1 is 1.00 bits per heavy atom. The number of guanidine groups is 1. The molecule has 206 valence electrons. The fourth-order valence-corrected chi connectivity index (χ4v) is 3.11. The number of hydrogen-bond acceptors (Lipinski definition) is 8. The van der Waals surface area contributed by atoms with Crippen molar-refractivity contribution in [3.63, 3.8) is 0 Å². The molecule has 0 saturated heterocycles. The number of carbonyl (C=O) groups excluding carboxylic acids is 4. The van der Waals surface area contributed by atoms with Gasteiger partial charge >= 0.3 is 5.97 Å². The van der Waals surface area contributed by atoms with E-state index in [2.05, 4.69) is 30.9 Å². The molecule has 0 aliphatic carbocycles. The minimum Gasteiger partial charge on any atom is -0.480 e. The lowest BCUT2D eigenvalue weighted by atomic mass is 10.0. The number of carboxylic acids is 1. The summed E-state index contributed by atoms with van der Waals surface area (Å²) >= 11 is 0. The Morgan fingerprint density at radius 3 is 2.11 bits per heavy atom. The van der Waals surface area contributed by atoms with Crippen LogP contribution >= 0.6 is 0 Å². The summed E-state index contributed by atoms with van der Waals surface area (Å²) in [4.78, 5) is 72.0. The second-order valence-corrected chi connectivity index (χ2v) is 8.69. The Labute approximate surface area is 213 Å². The molecule has 1 heterocycles. The first kappa shape index (κ1) is 30.8. The van der Waals surface area contributed by atoms with E-state index >= 15 is 0 Å². The van der Waals surface area contributed by atoms with Gasteiger partial charge in [0.25, 0.3) is 0 Å². The summed E-state index contributed by atoms with van der Waals surface area (Å²) in [5, 5.41) is 16.8. The van der Waals surface area contributed by atoms with Gasteiger partial charge in [0.2, 0.25) is 23.6 Å². The summed E-state index contributed by atoms with van der Waals surface area (Å²) in [6.07, 6.45) is 2.37. The predicted molar refractivity (Wildman–Crippen MR) is 132 cm³/mol. The number of aliphatic carboxylic acids is 1. The molecule has 1 aromatic heterocycles. The Morgan fingerprint density at radius 2 is 1.59 bits per heavy atom. The molecule has 0 bridgehead atoms. The van der Waals surface area contributed by atoms with Crippen molar-refractivity contribution in [2.24, 2.45) is 33.8 Å². The minimum absolute atomic E-state index is 0.00744. The normalized spacial score (nSPS) is 14.1. The number of amides is 4. The number of primary amides is 1. The van der Waals surface area contributed by atoms with Crippen molar-refractivity contribution in [2.75, 3.05) is 6.54 Å². The molecule has 0 spiro atoms. The zero-order valence-electron chi connectivity index (χ0n) is 20.8. The number of carbonyl (C=O) groups is 5. The Bertz CT molecular complexity index is 961. The van der Waals surface area contributed by atoms with Crippen LogP contribution in [0.1, 0.15) is 38.8 Å². The highest BCUT2D eigenvalue weighted by atomic mass is 16.4. The standard InChI is InChI=1S/C21H36N10O6/c1-10(2)16(23)19(35)30-13(7-15(22)32)18(34)29-12(4-3-5-27-21(24)25)17(33)31-14(20(36)37)6-11-8-26-9-28-11/h8-10,12-14,16H,3-7,23H2,1-2H3,(H2,22,32)(H,26,28)(H,29,34)(H,30,35)(H,31,33)(H,36,37)(H4,24,25,27). The van der Waals surface area contributed by atoms with Crippen LogP contribution in [0.2, 0.25) is 0 Å². The summed E-state index contributed by atoms with van der Waals surface area (Å²) in [5.41, 5.74) is 22.1. The van der Waals surface area contributed by atoms with Crippen molar-refractivity contribution in [3.05, 3.63) is 18.2 Å². The second kappa shape index (κ2) is 15.0. The van der Waals surface area contributed by atoms with Gasteiger partial charge in [0.15, 0.2) is 5.96 Å². The number of aromatic nitrogens is 2. The lowest BCUT2D eigenvalue weighted by Gasteiger charge is -2.25. The lowest BCUT2D eigenvalue weighted by molar-refractivity contribution is -0.142. The fourth-order valence-electron chi connectivity index (χ4n) is 3.11. The van der Waals surface area contributed by atoms with Crippen molar-refractivity contribution >= 4 is 35.6 Å². The number of rotatable bonds is 16. The summed E-state index contributed by atoms with van der Waals surface area (Å²) < 4.78 is 0. The smallest absolute Gasteiger partial charge is 0.326 e. The first-order chi connectivity index (χ1) is 17.3. The number of H-pyrrole nitrogens is 1. The number of nitrogens with two attached hydrogens (primary N) is 4. The molecule has 0 fully saturated rings. The summed E-state index contributed by atoms with van der Waals surface area (Å²) in [7, 11) is 0. The molecular formula is C21H36N10O6. The van der Waals surface area contributed by atoms with Gasteiger partial charge in [-0.15, -0.1) is 0 Å². The van der Waals surface area contributed by atoms with Gasteiger partial charge < -0.3 is 49.0 Å². The van der Waals surface area contributed by atoms with E-state index in [0.29, 0.717) is 5.69 Å². The van der Waals surface area contributed by atoms with Crippen molar-refractivity contribution in [1.82, 2.24) is 25.9 Å². The highest BCUT2D eigenvalue weighted by Gasteiger charge is 2.31. The first-order valence-corrected chi connectivity index (χ1v) is 11.5. The monoisotopic (exact) mass is 524 g/mol. The van der Waals surface area contributed by atoms with Crippen molar-refractivity contribution < 1.29 is 29.1 Å². The van der Waals surface area contributed by atoms with E-state index in [1.54, 1.807) is 13.8 Å². The summed E-state index contributed by atoms with van der Waals surface area (Å²) in [5.74, 6) is -4.99. The van der Waals surface area contributed by atoms with Gasteiger partial charge in [0.1, 0.15) is 18.1 Å². The van der Waals surface area contributed by atoms with Crippen LogP contribution in [0, 0.1) is 5.92 Å². The molecule has 0 radical (unpaired) electrons. The molecule has 1 rings (SSSR count). The van der Waals surface area contributed by atoms with Crippen molar-refractivity contribution in [1.29, 1.82) is 0 Å². The average Bonchev–Trinajstić information content (AvgIpc) is 3.31. The van der Waals surface area contributed by atoms with E-state index in [1.807, 2.05) is 0 Å². The van der Waals surface area contributed by atoms with Gasteiger partial charge in [-0.2, -0.15) is 0 Å². The molecule has 4 amide bonds. The number of carboxylic acid groups (broad SMARTS) is 1. The number of hydrogen-bond donors (Lipinski definition) is 9. The zero-order chi connectivity index (χ0) is 28.1. The molecule has 0 aromatic carbocycles. The van der Waals surface area contributed by atoms with Crippen molar-refractivity contribution in [3.8, 4) is 0 Å². The van der Waals surface area contributed by atoms with Crippen LogP contribution < -0.4 is 38.9 Å². The maximum Gasteiger partial charge on any atom is 0.326 e. The SMILES string of the molecule is CC(C)C(N)C(=O)NC(CC(N)=O)C(=O)NC(CCCN=C(N)N)C(=O)NC(Cc1cnc[nH]1)C(=O)O. The molecule has 13 N–H and O–H groups in total. The second-order valence-electron chi connectivity index (χ2n) is 8.69. The fraction of sp³-hybridized carbons (Fsp3) is 0.571. The predicted octanol–water partition coefficient (Wildman–Crippen LogP) is -3.60. The van der Waals surface area contributed by atoms with Crippen LogP contribution in [0.15, 0.2) is 17.5 Å². The summed E-state index contributed by atoms with van der Waals surface area (Å²) in [6, 6.07) is -4.96. The number of aromatic amines is 1. The van der Waals surface area contributed by atoms with Crippen LogP contribution in [0.3, 0.4) is 0 Å². The van der Waals surface area contributed by atoms with E-state index in [-0.39, 0.29) is 37.7 Å². The molecular weight excluding hydrogens is 488 g/mol. The van der Waals surface area contributed by atoms with Gasteiger partial charge in [0, 0.05) is 24.9 Å². The van der Waals surface area contributed by atoms with Crippen LogP contribution in [0.25, 0.3) is 0 Å². The maximum atomic E-state index is 13.0. The number of imidazole rings is 1. The van der Waals surface area contributed by atoms with Crippen LogP contribution in [-0.2, 0) is 30.4 Å². The van der Waals surface area contributed by atoms with E-state index in [1.165, 1.54) is 12.5 Å². The average molecular weight is 525 g/mol. The number of aliphatic imine (C=N–C) groups is 1. The van der Waals surface area contributed by atoms with Gasteiger partial charge in [-0.05, 0) is 18.8 Å². The zero-order valence-corrected chi connectivity index (χ0v) is 20.8. The van der Waals surface area contributed by atoms with Gasteiger partial charge in [-0.1, -0.05) is 13.8 Å². The molecule has 4 atom stereocenters. The third-order valence-electron chi connectivity index (χ3n) is 5.23. The molecule has 4 unspecified atom stereocenters. The molecule has 16 heteroatoms. The third-order valence-corrected chi connectivity index (χ3v) is 5.23. The van der Waals surface area contributed by atoms with Crippen LogP contribution in [0.5, 0.6) is 0 Å². The Kier molecular flexibility index (Phi) is 12.5. The largest absolute Gasteiger partial charge is 0.480 e. The highest BCUT2D eigenvalue weighted by Crippen LogP contribution is 2.06. The lowest BCUT2D eigenvalue weighted by Crippen LogP contribution is -2.58. The highest BCUT2D eigenvalue weighted by molar-refractivity contribution is 5.96. The van der Waals surface area contributed by atoms with E-state index in [4.69, 9.17) is 22.9 Å². The van der Waals surface area contributed by atoms with Gasteiger partial charge in [-0.3, -0.25) is 24.2 Å². The molecule has 37 heavy (non-hydrogen) atoms. The Balaban J connectivity index is 3.06. The van der Waals surface area contributed by atoms with E-state index < -0.39 is 60.2 Å². The quantitative estimate of drug-likeness (QED) is 0.0581. The van der Waals surface area contributed by atoms with Crippen molar-refractivity contribution in [2.45, 2.75) is 63.7 Å². The first-order valence-electron chi connectivity index (χ1n) is 11.5. The molecule has 1 aromatic rings. The number of nitrogens with zero attached hydrogens (tertiary/aromatic N) is 2. The topological polar surface area (TPSA) is 287 Å². The minimum atomic E-state index is -1.41. The molecule has 0 saturated carbocycles. The molecule has 0 aliphatic heterocycles. The molecule has 16 nitrogen and oxygen atoms in total. The van der Waals surface area contributed by atoms with Gasteiger partial charge in [0.05, 0.1) is 18.8 Å². The van der Waals surface area contributed by atoms with Gasteiger partial charge in [-0.25, -0.2) is 9.78 Å². The van der Waals surface area contributed by atoms with E-state index in [9.17, 15) is 29.1 Å². The van der Waals surface area contributed by atoms with Crippen LogP contribution in [-0.4, -0.2) is 81.3 Å².